The molecule has 0 spiro atoms. The van der Waals surface area contributed by atoms with E-state index in [4.69, 9.17) is 5.11 Å². The number of carboxylic acids is 1. The molecule has 2 unspecified atom stereocenters. The van der Waals surface area contributed by atoms with E-state index in [-0.39, 0.29) is 36.3 Å². The van der Waals surface area contributed by atoms with Crippen molar-refractivity contribution in [2.75, 3.05) is 6.54 Å². The zero-order valence-electron chi connectivity index (χ0n) is 10.7. The van der Waals surface area contributed by atoms with Crippen molar-refractivity contribution in [1.29, 1.82) is 0 Å². The Labute approximate surface area is 114 Å². The Morgan fingerprint density at radius 1 is 1.35 bits per heavy atom. The number of rotatable bonds is 6. The second-order valence-electron chi connectivity index (χ2n) is 4.90. The Hall–Kier alpha value is -1.98. The van der Waals surface area contributed by atoms with Crippen LogP contribution in [0.25, 0.3) is 0 Å². The molecule has 1 fully saturated rings. The number of benzene rings is 1. The molecule has 2 N–H and O–H groups in total. The first-order valence-corrected chi connectivity index (χ1v) is 6.43. The van der Waals surface area contributed by atoms with Crippen molar-refractivity contribution < 1.29 is 23.5 Å². The van der Waals surface area contributed by atoms with Gasteiger partial charge in [-0.25, -0.2) is 8.78 Å². The van der Waals surface area contributed by atoms with E-state index in [2.05, 4.69) is 5.32 Å². The molecular weight excluding hydrogens is 268 g/mol. The van der Waals surface area contributed by atoms with Crippen LogP contribution in [-0.4, -0.2) is 23.5 Å². The minimum atomic E-state index is -0.912. The van der Waals surface area contributed by atoms with Gasteiger partial charge < -0.3 is 10.4 Å². The number of amides is 1. The van der Waals surface area contributed by atoms with Gasteiger partial charge in [-0.3, -0.25) is 9.59 Å². The lowest BCUT2D eigenvalue weighted by Gasteiger charge is -2.05. The van der Waals surface area contributed by atoms with Gasteiger partial charge in [0, 0.05) is 18.9 Å². The van der Waals surface area contributed by atoms with Crippen molar-refractivity contribution in [2.24, 2.45) is 5.92 Å². The van der Waals surface area contributed by atoms with Crippen LogP contribution in [0.1, 0.15) is 30.7 Å². The van der Waals surface area contributed by atoms with Crippen LogP contribution in [0.3, 0.4) is 0 Å². The molecule has 108 valence electrons. The van der Waals surface area contributed by atoms with Crippen LogP contribution in [0.15, 0.2) is 18.2 Å². The first kappa shape index (κ1) is 14.4. The number of hydrogen-bond donors (Lipinski definition) is 2. The fourth-order valence-electron chi connectivity index (χ4n) is 2.21. The van der Waals surface area contributed by atoms with Crippen LogP contribution >= 0.6 is 0 Å². The average molecular weight is 283 g/mol. The number of aliphatic carboxylic acids is 1. The van der Waals surface area contributed by atoms with Gasteiger partial charge in [-0.1, -0.05) is 0 Å². The third kappa shape index (κ3) is 3.53. The number of carboxylic acid groups (broad SMARTS) is 1. The van der Waals surface area contributed by atoms with Crippen molar-refractivity contribution in [2.45, 2.75) is 25.2 Å². The Balaban J connectivity index is 1.83. The highest BCUT2D eigenvalue weighted by atomic mass is 19.1. The molecule has 1 aromatic carbocycles. The standard InChI is InChI=1S/C14H15F2NO3/c15-8-3-4-12(16)10(6-8)9-7-11(9)14(20)17-5-1-2-13(18)19/h3-4,6,9,11H,1-2,5,7H2,(H,17,20)(H,18,19). The molecule has 6 heteroatoms. The predicted molar refractivity (Wildman–Crippen MR) is 67.1 cm³/mol. The number of nitrogens with one attached hydrogen (secondary N) is 1. The summed E-state index contributed by atoms with van der Waals surface area (Å²) in [6, 6.07) is 3.23. The van der Waals surface area contributed by atoms with E-state index in [1.54, 1.807) is 0 Å². The number of halogens is 2. The number of hydrogen-bond acceptors (Lipinski definition) is 2. The van der Waals surface area contributed by atoms with Crippen LogP contribution in [0.2, 0.25) is 0 Å². The Morgan fingerprint density at radius 3 is 2.80 bits per heavy atom. The van der Waals surface area contributed by atoms with E-state index in [9.17, 15) is 18.4 Å². The van der Waals surface area contributed by atoms with Crippen molar-refractivity contribution in [3.63, 3.8) is 0 Å². The molecule has 1 aliphatic rings. The van der Waals surface area contributed by atoms with Gasteiger partial charge in [0.15, 0.2) is 0 Å². The van der Waals surface area contributed by atoms with Gasteiger partial charge in [0.05, 0.1) is 0 Å². The molecule has 1 aliphatic carbocycles. The second kappa shape index (κ2) is 5.98. The highest BCUT2D eigenvalue weighted by Gasteiger charge is 2.45. The van der Waals surface area contributed by atoms with Crippen molar-refractivity contribution in [1.82, 2.24) is 5.32 Å². The second-order valence-corrected chi connectivity index (χ2v) is 4.90. The van der Waals surface area contributed by atoms with E-state index in [0.29, 0.717) is 12.8 Å². The fraction of sp³-hybridized carbons (Fsp3) is 0.429. The molecular formula is C14H15F2NO3. The molecule has 1 aromatic rings. The molecule has 0 aliphatic heterocycles. The quantitative estimate of drug-likeness (QED) is 0.785. The zero-order chi connectivity index (χ0) is 14.7. The van der Waals surface area contributed by atoms with Crippen molar-refractivity contribution in [3.05, 3.63) is 35.4 Å². The summed E-state index contributed by atoms with van der Waals surface area (Å²) in [4.78, 5) is 22.1. The van der Waals surface area contributed by atoms with Crippen LogP contribution in [0.4, 0.5) is 8.78 Å². The lowest BCUT2D eigenvalue weighted by Crippen LogP contribution is -2.26. The summed E-state index contributed by atoms with van der Waals surface area (Å²) < 4.78 is 26.6. The number of carbonyl (C=O) groups is 2. The first-order valence-electron chi connectivity index (χ1n) is 6.43. The topological polar surface area (TPSA) is 66.4 Å². The highest BCUT2D eigenvalue weighted by molar-refractivity contribution is 5.82. The number of carbonyl (C=O) groups excluding carboxylic acids is 1. The van der Waals surface area contributed by atoms with Crippen LogP contribution in [-0.2, 0) is 9.59 Å². The normalized spacial score (nSPS) is 20.5. The monoisotopic (exact) mass is 283 g/mol. The summed E-state index contributed by atoms with van der Waals surface area (Å²) in [5.74, 6) is -2.80. The lowest BCUT2D eigenvalue weighted by molar-refractivity contribution is -0.137. The highest BCUT2D eigenvalue weighted by Crippen LogP contribution is 2.48. The largest absolute Gasteiger partial charge is 0.481 e. The molecule has 2 rings (SSSR count). The van der Waals surface area contributed by atoms with Gasteiger partial charge >= 0.3 is 5.97 Å². The maximum atomic E-state index is 13.5. The van der Waals surface area contributed by atoms with Gasteiger partial charge in [-0.15, -0.1) is 0 Å². The Bertz CT molecular complexity index is 533. The minimum Gasteiger partial charge on any atom is -0.481 e. The summed E-state index contributed by atoms with van der Waals surface area (Å²) in [7, 11) is 0. The molecule has 2 atom stereocenters. The van der Waals surface area contributed by atoms with E-state index in [1.807, 2.05) is 0 Å². The molecule has 0 heterocycles. The maximum absolute atomic E-state index is 13.5. The summed E-state index contributed by atoms with van der Waals surface area (Å²) in [5, 5.41) is 11.1. The van der Waals surface area contributed by atoms with Crippen molar-refractivity contribution in [3.8, 4) is 0 Å². The smallest absolute Gasteiger partial charge is 0.303 e. The predicted octanol–water partition coefficient (Wildman–Crippen LogP) is 2.05. The summed E-state index contributed by atoms with van der Waals surface area (Å²) in [6.45, 7) is 0.278. The van der Waals surface area contributed by atoms with Gasteiger partial charge in [-0.05, 0) is 42.5 Å². The summed E-state index contributed by atoms with van der Waals surface area (Å²) >= 11 is 0. The SMILES string of the molecule is O=C(O)CCCNC(=O)C1CC1c1cc(F)ccc1F. The molecule has 0 aromatic heterocycles. The molecule has 0 saturated heterocycles. The molecule has 20 heavy (non-hydrogen) atoms. The fourth-order valence-corrected chi connectivity index (χ4v) is 2.21. The molecule has 0 bridgehead atoms. The molecule has 4 nitrogen and oxygen atoms in total. The Kier molecular flexibility index (Phi) is 4.32. The van der Waals surface area contributed by atoms with Crippen LogP contribution < -0.4 is 5.32 Å². The van der Waals surface area contributed by atoms with Crippen molar-refractivity contribution >= 4 is 11.9 Å². The molecule has 1 saturated carbocycles. The minimum absolute atomic E-state index is 0.00704. The van der Waals surface area contributed by atoms with Crippen LogP contribution in [0.5, 0.6) is 0 Å². The zero-order valence-corrected chi connectivity index (χ0v) is 10.7. The third-order valence-corrected chi connectivity index (χ3v) is 3.35. The van der Waals surface area contributed by atoms with Gasteiger partial charge in [-0.2, -0.15) is 0 Å². The third-order valence-electron chi connectivity index (χ3n) is 3.35. The Morgan fingerprint density at radius 2 is 2.10 bits per heavy atom. The summed E-state index contributed by atoms with van der Waals surface area (Å²) in [6.07, 6.45) is 0.838. The first-order chi connectivity index (χ1) is 9.49. The molecule has 1 amide bonds. The average Bonchev–Trinajstić information content (AvgIpc) is 3.17. The maximum Gasteiger partial charge on any atom is 0.303 e. The van der Waals surface area contributed by atoms with Crippen LogP contribution in [0, 0.1) is 17.6 Å². The summed E-state index contributed by atoms with van der Waals surface area (Å²) in [5.41, 5.74) is 0.232. The van der Waals surface area contributed by atoms with E-state index >= 15 is 0 Å². The van der Waals surface area contributed by atoms with E-state index in [1.165, 1.54) is 0 Å². The van der Waals surface area contributed by atoms with Gasteiger partial charge in [0.2, 0.25) is 5.91 Å². The lowest BCUT2D eigenvalue weighted by atomic mass is 10.1. The van der Waals surface area contributed by atoms with E-state index in [0.717, 1.165) is 18.2 Å². The van der Waals surface area contributed by atoms with E-state index < -0.39 is 17.6 Å². The van der Waals surface area contributed by atoms with Gasteiger partial charge in [0.1, 0.15) is 11.6 Å². The molecule has 0 radical (unpaired) electrons. The van der Waals surface area contributed by atoms with Gasteiger partial charge in [0.25, 0.3) is 0 Å².